The number of hydrogen-bond donors (Lipinski definition) is 1. The molecule has 2 aliphatic heterocycles. The number of fused-ring (bicyclic) bond motifs is 2. The van der Waals surface area contributed by atoms with Gasteiger partial charge in [0.05, 0.1) is 29.7 Å². The van der Waals surface area contributed by atoms with E-state index in [1.807, 2.05) is 67.4 Å². The Hall–Kier alpha value is -3.80. The Kier molecular flexibility index (Phi) is 5.62. The number of nitrogens with one attached hydrogen (secondary N) is 1. The molecule has 0 spiro atoms. The summed E-state index contributed by atoms with van der Waals surface area (Å²) in [5, 5.41) is 4.49. The van der Waals surface area contributed by atoms with Crippen molar-refractivity contribution in [2.75, 3.05) is 19.0 Å². The molecule has 0 atom stereocenters. The van der Waals surface area contributed by atoms with Crippen LogP contribution in [0.1, 0.15) is 13.8 Å². The predicted molar refractivity (Wildman–Crippen MR) is 125 cm³/mol. The van der Waals surface area contributed by atoms with E-state index >= 15 is 0 Å². The first kappa shape index (κ1) is 20.5. The fraction of sp³-hybridized carbons (Fsp3) is 0.200. The van der Waals surface area contributed by atoms with E-state index in [9.17, 15) is 0 Å². The van der Waals surface area contributed by atoms with Gasteiger partial charge in [-0.2, -0.15) is 0 Å². The van der Waals surface area contributed by atoms with Crippen molar-refractivity contribution in [2.24, 2.45) is 10.9 Å². The molecule has 0 amide bonds. The average molecular weight is 415 g/mol. The molecule has 4 rings (SSSR count). The van der Waals surface area contributed by atoms with Crippen LogP contribution in [0.3, 0.4) is 0 Å². The van der Waals surface area contributed by atoms with Crippen LogP contribution in [0, 0.1) is 5.92 Å². The van der Waals surface area contributed by atoms with Gasteiger partial charge in [0.15, 0.2) is 11.6 Å². The van der Waals surface area contributed by atoms with Crippen LogP contribution in [0.4, 0.5) is 5.69 Å². The largest absolute Gasteiger partial charge is 0.493 e. The molecule has 158 valence electrons. The van der Waals surface area contributed by atoms with Gasteiger partial charge >= 0.3 is 0 Å². The van der Waals surface area contributed by atoms with Crippen molar-refractivity contribution in [3.8, 4) is 0 Å². The number of ether oxygens (including phenoxy) is 2. The minimum Gasteiger partial charge on any atom is -0.493 e. The lowest BCUT2D eigenvalue weighted by atomic mass is 10.1. The van der Waals surface area contributed by atoms with Gasteiger partial charge in [0.2, 0.25) is 0 Å². The molecule has 3 heterocycles. The molecule has 6 nitrogen and oxygen atoms in total. The first-order valence-electron chi connectivity index (χ1n) is 10.1. The third-order valence-electron chi connectivity index (χ3n) is 5.21. The van der Waals surface area contributed by atoms with Gasteiger partial charge in [-0.25, -0.2) is 4.99 Å². The van der Waals surface area contributed by atoms with E-state index in [-0.39, 0.29) is 5.92 Å². The number of rotatable bonds is 7. The van der Waals surface area contributed by atoms with Crippen molar-refractivity contribution < 1.29 is 9.47 Å². The zero-order chi connectivity index (χ0) is 22.0. The number of anilines is 1. The number of benzene rings is 1. The van der Waals surface area contributed by atoms with E-state index in [2.05, 4.69) is 23.5 Å². The number of allylic oxidation sites excluding steroid dienone is 3. The summed E-state index contributed by atoms with van der Waals surface area (Å²) in [5.41, 5.74) is 3.45. The van der Waals surface area contributed by atoms with Gasteiger partial charge in [-0.1, -0.05) is 33.1 Å². The SMILES string of the molecule is C=C(OCC1=C(Nc2ccc3ncccc3c2)N=C2C(OC)=CC=CN2C1=C)C(C)C. The van der Waals surface area contributed by atoms with Crippen molar-refractivity contribution in [2.45, 2.75) is 13.8 Å². The normalized spacial score (nSPS) is 15.6. The summed E-state index contributed by atoms with van der Waals surface area (Å²) in [4.78, 5) is 11.2. The standard InChI is InChI=1S/C25H26N4O2/c1-16(2)18(4)31-15-21-17(3)29-13-7-9-23(30-5)25(29)28-24(21)27-20-10-11-22-19(14-20)8-6-12-26-22/h6-14,16,27H,3-4,15H2,1-2,5H3. The Labute approximate surface area is 182 Å². The second kappa shape index (κ2) is 8.52. The summed E-state index contributed by atoms with van der Waals surface area (Å²) < 4.78 is 11.5. The minimum atomic E-state index is 0.221. The van der Waals surface area contributed by atoms with E-state index in [0.717, 1.165) is 33.6 Å². The zero-order valence-electron chi connectivity index (χ0n) is 18.1. The highest BCUT2D eigenvalue weighted by atomic mass is 16.5. The highest BCUT2D eigenvalue weighted by molar-refractivity contribution is 6.02. The summed E-state index contributed by atoms with van der Waals surface area (Å²) in [7, 11) is 1.63. The Morgan fingerprint density at radius 1 is 1.26 bits per heavy atom. The molecule has 0 aliphatic carbocycles. The number of hydrogen-bond acceptors (Lipinski definition) is 6. The molecule has 0 radical (unpaired) electrons. The summed E-state index contributed by atoms with van der Waals surface area (Å²) in [5.74, 6) is 2.94. The number of aromatic nitrogens is 1. The Morgan fingerprint density at radius 3 is 2.87 bits per heavy atom. The van der Waals surface area contributed by atoms with Crippen LogP contribution < -0.4 is 5.32 Å². The van der Waals surface area contributed by atoms with Crippen LogP contribution >= 0.6 is 0 Å². The van der Waals surface area contributed by atoms with Gasteiger partial charge in [0.25, 0.3) is 0 Å². The number of amidine groups is 1. The lowest BCUT2D eigenvalue weighted by molar-refractivity contribution is 0.209. The maximum Gasteiger partial charge on any atom is 0.182 e. The molecule has 6 heteroatoms. The molecule has 0 saturated carbocycles. The average Bonchev–Trinajstić information content (AvgIpc) is 2.78. The zero-order valence-corrected chi connectivity index (χ0v) is 18.1. The molecule has 0 fully saturated rings. The van der Waals surface area contributed by atoms with Crippen LogP contribution in [-0.2, 0) is 9.47 Å². The Morgan fingerprint density at radius 2 is 2.10 bits per heavy atom. The summed E-state index contributed by atoms with van der Waals surface area (Å²) >= 11 is 0. The van der Waals surface area contributed by atoms with Crippen LogP contribution in [0.5, 0.6) is 0 Å². The second-order valence-corrected chi connectivity index (χ2v) is 7.60. The van der Waals surface area contributed by atoms with E-state index in [1.54, 1.807) is 13.3 Å². The lowest BCUT2D eigenvalue weighted by Gasteiger charge is -2.33. The third kappa shape index (κ3) is 4.10. The fourth-order valence-corrected chi connectivity index (χ4v) is 3.30. The second-order valence-electron chi connectivity index (χ2n) is 7.60. The van der Waals surface area contributed by atoms with E-state index in [4.69, 9.17) is 14.5 Å². The molecular formula is C25H26N4O2. The predicted octanol–water partition coefficient (Wildman–Crippen LogP) is 5.33. The molecule has 1 aromatic carbocycles. The van der Waals surface area contributed by atoms with Crippen LogP contribution in [0.25, 0.3) is 10.9 Å². The Balaban J connectivity index is 1.73. The molecular weight excluding hydrogens is 388 g/mol. The number of pyridine rings is 1. The van der Waals surface area contributed by atoms with Gasteiger partial charge in [0, 0.05) is 29.4 Å². The molecule has 1 N–H and O–H groups in total. The molecule has 1 aromatic heterocycles. The maximum absolute atomic E-state index is 5.96. The molecule has 2 aliphatic rings. The Bertz CT molecular complexity index is 1170. The molecule has 0 unspecified atom stereocenters. The van der Waals surface area contributed by atoms with Crippen molar-refractivity contribution in [3.05, 3.63) is 96.6 Å². The summed E-state index contributed by atoms with van der Waals surface area (Å²) in [6.45, 7) is 12.7. The van der Waals surface area contributed by atoms with Crippen molar-refractivity contribution in [1.82, 2.24) is 9.88 Å². The van der Waals surface area contributed by atoms with Gasteiger partial charge < -0.3 is 14.8 Å². The maximum atomic E-state index is 5.96. The summed E-state index contributed by atoms with van der Waals surface area (Å²) in [6, 6.07) is 9.97. The molecule has 0 saturated heterocycles. The number of nitrogens with zero attached hydrogens (tertiary/aromatic N) is 3. The third-order valence-corrected chi connectivity index (χ3v) is 5.21. The quantitative estimate of drug-likeness (QED) is 0.621. The van der Waals surface area contributed by atoms with E-state index in [1.165, 1.54) is 0 Å². The number of aliphatic imine (C=N–C) groups is 1. The lowest BCUT2D eigenvalue weighted by Crippen LogP contribution is -2.34. The van der Waals surface area contributed by atoms with Crippen LogP contribution in [-0.4, -0.2) is 29.4 Å². The van der Waals surface area contributed by atoms with Crippen molar-refractivity contribution in [3.63, 3.8) is 0 Å². The highest BCUT2D eigenvalue weighted by Crippen LogP contribution is 2.31. The minimum absolute atomic E-state index is 0.221. The topological polar surface area (TPSA) is 59.0 Å². The first-order chi connectivity index (χ1) is 15.0. The van der Waals surface area contributed by atoms with Crippen LogP contribution in [0.15, 0.2) is 102 Å². The van der Waals surface area contributed by atoms with Crippen molar-refractivity contribution >= 4 is 22.4 Å². The molecule has 31 heavy (non-hydrogen) atoms. The smallest absolute Gasteiger partial charge is 0.182 e. The van der Waals surface area contributed by atoms with Gasteiger partial charge in [-0.15, -0.1) is 0 Å². The van der Waals surface area contributed by atoms with Gasteiger partial charge in [-0.05, 0) is 36.4 Å². The highest BCUT2D eigenvalue weighted by Gasteiger charge is 2.29. The summed E-state index contributed by atoms with van der Waals surface area (Å²) in [6.07, 6.45) is 7.49. The molecule has 0 bridgehead atoms. The van der Waals surface area contributed by atoms with E-state index in [0.29, 0.717) is 24.0 Å². The first-order valence-corrected chi connectivity index (χ1v) is 10.1. The fourth-order valence-electron chi connectivity index (χ4n) is 3.30. The molecule has 2 aromatic rings. The number of methoxy groups -OCH3 is 1. The van der Waals surface area contributed by atoms with E-state index < -0.39 is 0 Å². The van der Waals surface area contributed by atoms with Crippen LogP contribution in [0.2, 0.25) is 0 Å². The van der Waals surface area contributed by atoms with Gasteiger partial charge in [-0.3, -0.25) is 9.88 Å². The van der Waals surface area contributed by atoms with Gasteiger partial charge in [0.1, 0.15) is 12.4 Å². The monoisotopic (exact) mass is 414 g/mol. The van der Waals surface area contributed by atoms with Crippen molar-refractivity contribution in [1.29, 1.82) is 0 Å².